The monoisotopic (exact) mass is 1100 g/mol. The molecule has 8 atom stereocenters. The number of nitrogens with zero attached hydrogens (tertiary/aromatic N) is 3. The fraction of sp³-hybridized carbons (Fsp3) is 0.673. The summed E-state index contributed by atoms with van der Waals surface area (Å²) in [6.07, 6.45) is 3.17. The largest absolute Gasteiger partial charge is 0.508 e. The number of likely N-dealkylation sites (N-methyl/N-ethyl adjacent to an activating group) is 1. The van der Waals surface area contributed by atoms with E-state index in [0.29, 0.717) is 44.2 Å². The molecule has 78 heavy (non-hydrogen) atoms. The number of likely N-dealkylation sites (tertiary alicyclic amines) is 2. The van der Waals surface area contributed by atoms with E-state index in [0.717, 1.165) is 0 Å². The molecule has 2 saturated heterocycles. The second-order valence-electron chi connectivity index (χ2n) is 21.7. The number of carbonyl (C=O) groups is 9. The molecule has 0 aliphatic carbocycles. The molecule has 1 aromatic carbocycles. The first-order valence-electron chi connectivity index (χ1n) is 26.9. The molecule has 0 aromatic heterocycles. The highest BCUT2D eigenvalue weighted by Crippen LogP contribution is 2.26. The fourth-order valence-corrected chi connectivity index (χ4v) is 9.66. The zero-order valence-corrected chi connectivity index (χ0v) is 46.4. The van der Waals surface area contributed by atoms with Gasteiger partial charge in [-0.3, -0.25) is 49.2 Å². The Hall–Kier alpha value is -7.25. The van der Waals surface area contributed by atoms with Crippen molar-refractivity contribution in [1.29, 1.82) is 10.8 Å². The number of unbranched alkanes of at least 4 members (excludes halogenated alkanes) is 1. The summed E-state index contributed by atoms with van der Waals surface area (Å²) in [4.78, 5) is 129. The summed E-state index contributed by atoms with van der Waals surface area (Å²) in [6, 6.07) is -3.53. The molecule has 3 rings (SSSR count). The number of phenolic OH excluding ortho intramolecular Hbond substituents is 1. The van der Waals surface area contributed by atoms with E-state index >= 15 is 0 Å². The molecule has 2 aliphatic rings. The highest BCUT2D eigenvalue weighted by Gasteiger charge is 2.44. The van der Waals surface area contributed by atoms with Crippen molar-refractivity contribution in [2.75, 3.05) is 39.8 Å². The summed E-state index contributed by atoms with van der Waals surface area (Å²) in [7, 11) is 1.42. The van der Waals surface area contributed by atoms with Crippen molar-refractivity contribution in [2.45, 2.75) is 173 Å². The molecule has 26 heteroatoms. The minimum Gasteiger partial charge on any atom is -0.508 e. The Bertz CT molecular complexity index is 2260. The molecule has 17 N–H and O–H groups in total. The Morgan fingerprint density at radius 3 is 1.76 bits per heavy atom. The van der Waals surface area contributed by atoms with E-state index in [1.165, 1.54) is 40.8 Å². The number of hydrogen-bond donors (Lipinski definition) is 14. The molecule has 1 aromatic rings. The average molecular weight is 1100 g/mol. The van der Waals surface area contributed by atoms with Gasteiger partial charge in [0.15, 0.2) is 11.9 Å². The summed E-state index contributed by atoms with van der Waals surface area (Å²) in [5.41, 5.74) is 16.3. The minimum atomic E-state index is -1.36. The number of nitrogens with two attached hydrogens (primary N) is 3. The summed E-state index contributed by atoms with van der Waals surface area (Å²) in [5, 5.41) is 54.1. The molecule has 2 fully saturated rings. The minimum absolute atomic E-state index is 0.0183. The molecule has 2 aliphatic heterocycles. The van der Waals surface area contributed by atoms with Crippen LogP contribution >= 0.6 is 0 Å². The van der Waals surface area contributed by atoms with Crippen molar-refractivity contribution in [1.82, 2.24) is 51.9 Å². The molecular formula is C52H87N15O11. The van der Waals surface area contributed by atoms with Crippen LogP contribution in [0.5, 0.6) is 5.75 Å². The zero-order valence-electron chi connectivity index (χ0n) is 46.4. The highest BCUT2D eigenvalue weighted by atomic mass is 16.4. The number of phenols is 1. The van der Waals surface area contributed by atoms with Crippen LogP contribution in [0.3, 0.4) is 0 Å². The van der Waals surface area contributed by atoms with Crippen molar-refractivity contribution in [3.63, 3.8) is 0 Å². The Balaban J connectivity index is 1.98. The quantitative estimate of drug-likeness (QED) is 0.0250. The average Bonchev–Trinajstić information content (AvgIpc) is 4.07. The van der Waals surface area contributed by atoms with Crippen LogP contribution in [0, 0.1) is 22.2 Å². The zero-order chi connectivity index (χ0) is 58.4. The maximum atomic E-state index is 14.9. The van der Waals surface area contributed by atoms with Gasteiger partial charge in [0.25, 0.3) is 0 Å². The number of hydrogen-bond acceptors (Lipinski definition) is 13. The Morgan fingerprint density at radius 2 is 1.23 bits per heavy atom. The SMILES string of the molecule is CC(=O)N[C@@H](CCCCN)C(=O)N1CCC[C@H]1C(=O)N(C)[C@@H](CCCNC(=N)N)C(=O)N[C@@H](CCCNC(=N)N)C(=O)N1CCC[C@H]1C(=O)N[C@@H](Cc1ccc(O)cc1)C(=O)N[C@H](C(=O)N[C@@H](CC(C)C)C(=O)O)C(C)(C)C. The summed E-state index contributed by atoms with van der Waals surface area (Å²) in [6.45, 7) is 11.0. The maximum absolute atomic E-state index is 14.9. The van der Waals surface area contributed by atoms with E-state index in [9.17, 15) is 53.4 Å². The lowest BCUT2D eigenvalue weighted by Gasteiger charge is -2.35. The molecule has 0 radical (unpaired) electrons. The topological polar surface area (TPSA) is 414 Å². The van der Waals surface area contributed by atoms with Gasteiger partial charge in [-0.2, -0.15) is 0 Å². The first kappa shape index (κ1) is 65.0. The number of guanidine groups is 2. The van der Waals surface area contributed by atoms with Crippen molar-refractivity contribution in [2.24, 2.45) is 28.5 Å². The van der Waals surface area contributed by atoms with Gasteiger partial charge in [-0.05, 0) is 113 Å². The molecule has 0 bridgehead atoms. The van der Waals surface area contributed by atoms with Crippen LogP contribution in [0.1, 0.15) is 124 Å². The van der Waals surface area contributed by atoms with Gasteiger partial charge in [0.1, 0.15) is 54.1 Å². The van der Waals surface area contributed by atoms with Crippen LogP contribution in [0.2, 0.25) is 0 Å². The molecular weight excluding hydrogens is 1010 g/mol. The summed E-state index contributed by atoms with van der Waals surface area (Å²) >= 11 is 0. The van der Waals surface area contributed by atoms with E-state index in [1.54, 1.807) is 32.9 Å². The van der Waals surface area contributed by atoms with Crippen LogP contribution in [0.4, 0.5) is 0 Å². The molecule has 436 valence electrons. The molecule has 2 heterocycles. The highest BCUT2D eigenvalue weighted by molar-refractivity contribution is 5.98. The van der Waals surface area contributed by atoms with Gasteiger partial charge in [0.2, 0.25) is 47.3 Å². The Kier molecular flexibility index (Phi) is 26.0. The third-order valence-electron chi connectivity index (χ3n) is 13.7. The van der Waals surface area contributed by atoms with Crippen molar-refractivity contribution < 1.29 is 53.4 Å². The van der Waals surface area contributed by atoms with Gasteiger partial charge < -0.3 is 79.3 Å². The van der Waals surface area contributed by atoms with Crippen molar-refractivity contribution in [3.8, 4) is 5.75 Å². The number of aliphatic carboxylic acids is 1. The number of benzene rings is 1. The first-order chi connectivity index (χ1) is 36.7. The summed E-state index contributed by atoms with van der Waals surface area (Å²) < 4.78 is 0. The summed E-state index contributed by atoms with van der Waals surface area (Å²) in [5.74, 6) is -7.07. The number of carbonyl (C=O) groups excluding carboxylic acids is 8. The van der Waals surface area contributed by atoms with E-state index in [2.05, 4.69) is 37.2 Å². The number of amides is 8. The van der Waals surface area contributed by atoms with E-state index in [1.807, 2.05) is 13.8 Å². The van der Waals surface area contributed by atoms with E-state index in [4.69, 9.17) is 28.0 Å². The number of carboxylic acids is 1. The maximum Gasteiger partial charge on any atom is 0.326 e. The van der Waals surface area contributed by atoms with Crippen LogP contribution in [0.15, 0.2) is 24.3 Å². The van der Waals surface area contributed by atoms with Crippen molar-refractivity contribution in [3.05, 3.63) is 29.8 Å². The van der Waals surface area contributed by atoms with E-state index < -0.39 is 107 Å². The lowest BCUT2D eigenvalue weighted by atomic mass is 9.85. The van der Waals surface area contributed by atoms with Crippen LogP contribution < -0.4 is 54.4 Å². The molecule has 0 saturated carbocycles. The fourth-order valence-electron chi connectivity index (χ4n) is 9.66. The Labute approximate surface area is 457 Å². The molecule has 0 unspecified atom stereocenters. The molecule has 0 spiro atoms. The molecule has 8 amide bonds. The van der Waals surface area contributed by atoms with Gasteiger partial charge in [-0.1, -0.05) is 46.8 Å². The molecule has 26 nitrogen and oxygen atoms in total. The predicted octanol–water partition coefficient (Wildman–Crippen LogP) is -0.980. The van der Waals surface area contributed by atoms with Gasteiger partial charge in [-0.15, -0.1) is 0 Å². The number of carboxylic acid groups (broad SMARTS) is 1. The Morgan fingerprint density at radius 1 is 0.705 bits per heavy atom. The second-order valence-corrected chi connectivity index (χ2v) is 21.7. The van der Waals surface area contributed by atoms with Crippen LogP contribution in [-0.4, -0.2) is 178 Å². The number of aromatic hydroxyl groups is 1. The third kappa shape index (κ3) is 20.6. The van der Waals surface area contributed by atoms with Crippen LogP contribution in [0.25, 0.3) is 0 Å². The van der Waals surface area contributed by atoms with Gasteiger partial charge in [0, 0.05) is 46.6 Å². The van der Waals surface area contributed by atoms with Gasteiger partial charge >= 0.3 is 5.97 Å². The third-order valence-corrected chi connectivity index (χ3v) is 13.7. The van der Waals surface area contributed by atoms with Crippen LogP contribution in [-0.2, 0) is 49.6 Å². The van der Waals surface area contributed by atoms with E-state index in [-0.39, 0.29) is 101 Å². The smallest absolute Gasteiger partial charge is 0.326 e. The lowest BCUT2D eigenvalue weighted by molar-refractivity contribution is -0.149. The van der Waals surface area contributed by atoms with Crippen molar-refractivity contribution >= 4 is 65.1 Å². The second kappa shape index (κ2) is 31.2. The first-order valence-corrected chi connectivity index (χ1v) is 26.9. The number of nitrogens with one attached hydrogen (secondary N) is 9. The van der Waals surface area contributed by atoms with Gasteiger partial charge in [-0.25, -0.2) is 4.79 Å². The normalized spacial score (nSPS) is 17.6. The predicted molar refractivity (Wildman–Crippen MR) is 291 cm³/mol. The lowest BCUT2D eigenvalue weighted by Crippen LogP contribution is -2.61. The number of rotatable bonds is 30. The standard InChI is InChI=1S/C52H87N15O11/c1-30(2)28-37(49(77)78)63-45(73)41(52(4,5)6)64-42(70)36(29-32-19-21-33(69)22-20-32)62-44(72)39-17-12-26-66(39)47(75)35(15-10-24-58-50(54)55)61-43(71)38(16-11-25-59-51(56)57)65(7)48(76)40-18-13-27-67(40)46(74)34(60-31(3)68)14-8-9-23-53/h19-22,30,34-41,69H,8-18,23-29,53H2,1-7H3,(H,60,68)(H,61,71)(H,62,72)(H,63,73)(H,64,70)(H,77,78)(H4,54,55,58)(H4,56,57,59)/t34-,35-,36-,37-,38-,39-,40-,41+/m0/s1. The van der Waals surface area contributed by atoms with Gasteiger partial charge in [0.05, 0.1) is 0 Å².